The molecule has 0 spiro atoms. The molecule has 0 bridgehead atoms. The second-order valence-electron chi connectivity index (χ2n) is 7.58. The number of piperidine rings is 1. The van der Waals surface area contributed by atoms with Gasteiger partial charge < -0.3 is 9.88 Å². The Balaban J connectivity index is 1.63. The van der Waals surface area contributed by atoms with Crippen LogP contribution in [0.5, 0.6) is 0 Å². The fourth-order valence-corrected chi connectivity index (χ4v) is 4.52. The van der Waals surface area contributed by atoms with Crippen LogP contribution in [-0.4, -0.2) is 37.1 Å². The van der Waals surface area contributed by atoms with Crippen molar-refractivity contribution in [1.29, 1.82) is 0 Å². The molecule has 4 heterocycles. The number of nitrogens with one attached hydrogen (secondary N) is 1. The van der Waals surface area contributed by atoms with Gasteiger partial charge in [-0.2, -0.15) is 16.4 Å². The molecule has 1 saturated heterocycles. The van der Waals surface area contributed by atoms with Crippen LogP contribution in [0.4, 0.5) is 0 Å². The molecule has 0 saturated carbocycles. The Hall–Kier alpha value is -2.74. The average Bonchev–Trinajstić information content (AvgIpc) is 3.33. The molecular formula is C21H25N5O2S. The monoisotopic (exact) mass is 411 g/mol. The first-order valence-corrected chi connectivity index (χ1v) is 10.8. The van der Waals surface area contributed by atoms with Crippen LogP contribution in [0.3, 0.4) is 0 Å². The van der Waals surface area contributed by atoms with Crippen LogP contribution >= 0.6 is 11.3 Å². The van der Waals surface area contributed by atoms with E-state index >= 15 is 0 Å². The third-order valence-corrected chi connectivity index (χ3v) is 6.43. The topological polar surface area (TPSA) is 83.9 Å². The van der Waals surface area contributed by atoms with Crippen molar-refractivity contribution in [2.75, 3.05) is 6.54 Å². The SMILES string of the molecule is Cc1nn(CC(=O)N2CCCC[C@H]2c2nc(-c3ccsc3)cc(=O)[nH]2)c(C)c1C. The van der Waals surface area contributed by atoms with Gasteiger partial charge in [-0.1, -0.05) is 0 Å². The number of aromatic amines is 1. The van der Waals surface area contributed by atoms with Crippen LogP contribution in [0.2, 0.25) is 0 Å². The molecule has 0 aromatic carbocycles. The maximum atomic E-state index is 13.2. The maximum Gasteiger partial charge on any atom is 0.251 e. The second-order valence-corrected chi connectivity index (χ2v) is 8.36. The van der Waals surface area contributed by atoms with Gasteiger partial charge in [0.1, 0.15) is 12.4 Å². The molecule has 0 radical (unpaired) electrons. The third-order valence-electron chi connectivity index (χ3n) is 5.74. The summed E-state index contributed by atoms with van der Waals surface area (Å²) >= 11 is 1.57. The Labute approximate surface area is 173 Å². The number of aryl methyl sites for hydroxylation is 1. The summed E-state index contributed by atoms with van der Waals surface area (Å²) in [5.74, 6) is 0.570. The van der Waals surface area contributed by atoms with Gasteiger partial charge in [0.15, 0.2) is 0 Å². The molecule has 3 aromatic heterocycles. The van der Waals surface area contributed by atoms with Crippen molar-refractivity contribution in [3.05, 3.63) is 56.0 Å². The number of likely N-dealkylation sites (tertiary alicyclic amines) is 1. The number of rotatable bonds is 4. The average molecular weight is 412 g/mol. The van der Waals surface area contributed by atoms with E-state index in [1.54, 1.807) is 16.0 Å². The zero-order valence-corrected chi connectivity index (χ0v) is 17.8. The molecular weight excluding hydrogens is 386 g/mol. The maximum absolute atomic E-state index is 13.2. The number of aromatic nitrogens is 4. The van der Waals surface area contributed by atoms with Gasteiger partial charge in [0.2, 0.25) is 5.91 Å². The molecule has 1 N–H and O–H groups in total. The Morgan fingerprint density at radius 3 is 2.83 bits per heavy atom. The molecule has 1 aliphatic heterocycles. The van der Waals surface area contributed by atoms with E-state index in [4.69, 9.17) is 4.98 Å². The van der Waals surface area contributed by atoms with Crippen LogP contribution < -0.4 is 5.56 Å². The van der Waals surface area contributed by atoms with Gasteiger partial charge in [-0.05, 0) is 57.0 Å². The Kier molecular flexibility index (Phi) is 5.36. The minimum absolute atomic E-state index is 0.00360. The van der Waals surface area contributed by atoms with E-state index in [1.165, 1.54) is 6.07 Å². The number of hydrogen-bond donors (Lipinski definition) is 1. The highest BCUT2D eigenvalue weighted by Gasteiger charge is 2.30. The molecule has 29 heavy (non-hydrogen) atoms. The zero-order chi connectivity index (χ0) is 20.5. The molecule has 4 rings (SSSR count). The lowest BCUT2D eigenvalue weighted by Crippen LogP contribution is -2.41. The number of nitrogens with zero attached hydrogens (tertiary/aromatic N) is 4. The zero-order valence-electron chi connectivity index (χ0n) is 16.9. The van der Waals surface area contributed by atoms with Crippen LogP contribution in [0, 0.1) is 20.8 Å². The van der Waals surface area contributed by atoms with E-state index in [2.05, 4.69) is 10.1 Å². The summed E-state index contributed by atoms with van der Waals surface area (Å²) in [6, 6.07) is 3.24. The van der Waals surface area contributed by atoms with Gasteiger partial charge >= 0.3 is 0 Å². The summed E-state index contributed by atoms with van der Waals surface area (Å²) in [6.45, 7) is 6.82. The van der Waals surface area contributed by atoms with Gasteiger partial charge in [0.25, 0.3) is 5.56 Å². The number of thiophene rings is 1. The van der Waals surface area contributed by atoms with Gasteiger partial charge in [0, 0.05) is 29.2 Å². The van der Waals surface area contributed by atoms with Gasteiger partial charge in [-0.15, -0.1) is 0 Å². The van der Waals surface area contributed by atoms with Gasteiger partial charge in [-0.25, -0.2) is 4.98 Å². The summed E-state index contributed by atoms with van der Waals surface area (Å²) in [5, 5.41) is 8.44. The molecule has 7 nitrogen and oxygen atoms in total. The fraction of sp³-hybridized carbons (Fsp3) is 0.429. The normalized spacial score (nSPS) is 16.9. The summed E-state index contributed by atoms with van der Waals surface area (Å²) < 4.78 is 1.77. The molecule has 152 valence electrons. The predicted octanol–water partition coefficient (Wildman–Crippen LogP) is 3.37. The lowest BCUT2D eigenvalue weighted by atomic mass is 10.0. The van der Waals surface area contributed by atoms with E-state index in [1.807, 2.05) is 42.5 Å². The minimum atomic E-state index is -0.222. The fourth-order valence-electron chi connectivity index (χ4n) is 3.87. The summed E-state index contributed by atoms with van der Waals surface area (Å²) in [5.41, 5.74) is 4.45. The number of H-pyrrole nitrogens is 1. The highest BCUT2D eigenvalue weighted by molar-refractivity contribution is 7.08. The molecule has 1 aliphatic rings. The summed E-state index contributed by atoms with van der Waals surface area (Å²) in [7, 11) is 0. The number of carbonyl (C=O) groups excluding carboxylic acids is 1. The second kappa shape index (κ2) is 7.94. The first kappa shape index (κ1) is 19.6. The molecule has 0 unspecified atom stereocenters. The molecule has 1 amide bonds. The lowest BCUT2D eigenvalue weighted by molar-refractivity contribution is -0.136. The van der Waals surface area contributed by atoms with E-state index in [0.29, 0.717) is 18.1 Å². The van der Waals surface area contributed by atoms with Crippen molar-refractivity contribution in [3.63, 3.8) is 0 Å². The molecule has 8 heteroatoms. The van der Waals surface area contributed by atoms with Crippen molar-refractivity contribution in [1.82, 2.24) is 24.6 Å². The van der Waals surface area contributed by atoms with E-state index < -0.39 is 0 Å². The first-order chi connectivity index (χ1) is 13.9. The van der Waals surface area contributed by atoms with Crippen LogP contribution in [0.25, 0.3) is 11.3 Å². The Morgan fingerprint density at radius 1 is 1.31 bits per heavy atom. The van der Waals surface area contributed by atoms with Crippen molar-refractivity contribution >= 4 is 17.2 Å². The lowest BCUT2D eigenvalue weighted by Gasteiger charge is -2.35. The third kappa shape index (κ3) is 3.89. The van der Waals surface area contributed by atoms with Crippen LogP contribution in [0.15, 0.2) is 27.7 Å². The number of hydrogen-bond acceptors (Lipinski definition) is 5. The highest BCUT2D eigenvalue weighted by atomic mass is 32.1. The Morgan fingerprint density at radius 2 is 2.14 bits per heavy atom. The number of amides is 1. The predicted molar refractivity (Wildman–Crippen MR) is 113 cm³/mol. The van der Waals surface area contributed by atoms with E-state index in [9.17, 15) is 9.59 Å². The molecule has 0 aliphatic carbocycles. The van der Waals surface area contributed by atoms with Crippen molar-refractivity contribution < 1.29 is 4.79 Å². The highest BCUT2D eigenvalue weighted by Crippen LogP contribution is 2.30. The van der Waals surface area contributed by atoms with Crippen LogP contribution in [0.1, 0.15) is 48.1 Å². The summed E-state index contributed by atoms with van der Waals surface area (Å²) in [4.78, 5) is 34.9. The van der Waals surface area contributed by atoms with Crippen LogP contribution in [-0.2, 0) is 11.3 Å². The first-order valence-electron chi connectivity index (χ1n) is 9.88. The Bertz CT molecular complexity index is 1080. The molecule has 1 fully saturated rings. The quantitative estimate of drug-likeness (QED) is 0.713. The molecule has 3 aromatic rings. The van der Waals surface area contributed by atoms with Gasteiger partial charge in [0.05, 0.1) is 17.4 Å². The minimum Gasteiger partial charge on any atom is -0.331 e. The number of carbonyl (C=O) groups is 1. The molecule has 1 atom stereocenters. The van der Waals surface area contributed by atoms with Crippen molar-refractivity contribution in [2.45, 2.75) is 52.6 Å². The van der Waals surface area contributed by atoms with Crippen molar-refractivity contribution in [2.24, 2.45) is 0 Å². The summed E-state index contributed by atoms with van der Waals surface area (Å²) in [6.07, 6.45) is 2.74. The largest absolute Gasteiger partial charge is 0.331 e. The standard InChI is InChI=1S/C21H25N5O2S/c1-13-14(2)24-26(15(13)3)11-20(28)25-8-5-4-6-18(25)21-22-17(10-19(27)23-21)16-7-9-29-12-16/h7,9-10,12,18H,4-6,8,11H2,1-3H3,(H,22,23,27)/t18-/m0/s1. The van der Waals surface area contributed by atoms with Crippen molar-refractivity contribution in [3.8, 4) is 11.3 Å². The smallest absolute Gasteiger partial charge is 0.251 e. The van der Waals surface area contributed by atoms with Gasteiger partial charge in [-0.3, -0.25) is 14.3 Å². The van der Waals surface area contributed by atoms with E-state index in [-0.39, 0.29) is 24.1 Å². The van der Waals surface area contributed by atoms with E-state index in [0.717, 1.165) is 41.8 Å².